The van der Waals surface area contributed by atoms with Crippen LogP contribution in [-0.2, 0) is 16.1 Å². The van der Waals surface area contributed by atoms with Gasteiger partial charge in [-0.05, 0) is 78.9 Å². The quantitative estimate of drug-likeness (QED) is 0.307. The van der Waals surface area contributed by atoms with Crippen LogP contribution in [0.4, 0.5) is 5.13 Å². The molecule has 0 spiro atoms. The molecule has 7 heteroatoms. The minimum absolute atomic E-state index is 0.151. The van der Waals surface area contributed by atoms with E-state index in [9.17, 15) is 9.59 Å². The molecule has 1 N–H and O–H groups in total. The molecular formula is C34H39N3O3S. The van der Waals surface area contributed by atoms with E-state index in [1.807, 2.05) is 24.3 Å². The molecule has 2 atom stereocenters. The van der Waals surface area contributed by atoms with Crippen LogP contribution in [-0.4, -0.2) is 36.6 Å². The number of allylic oxidation sites excluding steroid dienone is 8. The number of amides is 1. The number of nitrogens with zero attached hydrogens (tertiary/aromatic N) is 2. The van der Waals surface area contributed by atoms with Gasteiger partial charge in [-0.3, -0.25) is 9.59 Å². The number of methoxy groups -OCH3 is 1. The van der Waals surface area contributed by atoms with Crippen molar-refractivity contribution in [3.63, 3.8) is 0 Å². The summed E-state index contributed by atoms with van der Waals surface area (Å²) in [5.41, 5.74) is 6.75. The third-order valence-corrected chi connectivity index (χ3v) is 8.79. The molecule has 0 radical (unpaired) electrons. The van der Waals surface area contributed by atoms with Crippen molar-refractivity contribution in [2.75, 3.05) is 18.6 Å². The van der Waals surface area contributed by atoms with Crippen LogP contribution in [0.2, 0.25) is 0 Å². The van der Waals surface area contributed by atoms with E-state index in [1.54, 1.807) is 11.3 Å². The predicted molar refractivity (Wildman–Crippen MR) is 167 cm³/mol. The van der Waals surface area contributed by atoms with Gasteiger partial charge < -0.3 is 15.0 Å². The zero-order valence-electron chi connectivity index (χ0n) is 24.0. The molecular weight excluding hydrogens is 530 g/mol. The van der Waals surface area contributed by atoms with Crippen molar-refractivity contribution in [1.29, 1.82) is 0 Å². The molecule has 2 aromatic rings. The van der Waals surface area contributed by atoms with Crippen molar-refractivity contribution in [1.82, 2.24) is 10.3 Å². The summed E-state index contributed by atoms with van der Waals surface area (Å²) in [5.74, 6) is -0.224. The Morgan fingerprint density at radius 1 is 1.07 bits per heavy atom. The number of carbonyl (C=O) groups is 2. The maximum atomic E-state index is 12.6. The first kappa shape index (κ1) is 28.8. The summed E-state index contributed by atoms with van der Waals surface area (Å²) < 4.78 is 4.64. The molecule has 3 aliphatic carbocycles. The lowest BCUT2D eigenvalue weighted by Crippen LogP contribution is -2.38. The number of thiazole rings is 1. The highest BCUT2D eigenvalue weighted by atomic mass is 32.1. The Balaban J connectivity index is 1.35. The highest BCUT2D eigenvalue weighted by molar-refractivity contribution is 7.13. The number of esters is 1. The van der Waals surface area contributed by atoms with Crippen molar-refractivity contribution >= 4 is 33.9 Å². The van der Waals surface area contributed by atoms with E-state index in [0.717, 1.165) is 29.2 Å². The van der Waals surface area contributed by atoms with Crippen LogP contribution in [0.25, 0.3) is 5.57 Å². The summed E-state index contributed by atoms with van der Waals surface area (Å²) in [5, 5.41) is 5.95. The number of hydrogen-bond acceptors (Lipinski definition) is 6. The fraction of sp³-hybridized carbons (Fsp3) is 0.382. The molecule has 1 aromatic heterocycles. The van der Waals surface area contributed by atoms with Gasteiger partial charge in [-0.25, -0.2) is 4.98 Å². The van der Waals surface area contributed by atoms with Crippen LogP contribution in [0.3, 0.4) is 0 Å². The Hall–Kier alpha value is -3.71. The molecule has 2 unspecified atom stereocenters. The summed E-state index contributed by atoms with van der Waals surface area (Å²) in [6.45, 7) is 3.22. The van der Waals surface area contributed by atoms with Crippen molar-refractivity contribution in [3.05, 3.63) is 100 Å². The van der Waals surface area contributed by atoms with Crippen LogP contribution in [0.1, 0.15) is 73.5 Å². The Kier molecular flexibility index (Phi) is 9.67. The van der Waals surface area contributed by atoms with E-state index >= 15 is 0 Å². The normalized spacial score (nSPS) is 20.1. The lowest BCUT2D eigenvalue weighted by atomic mass is 9.85. The van der Waals surface area contributed by atoms with Crippen molar-refractivity contribution in [3.8, 4) is 0 Å². The fourth-order valence-corrected chi connectivity index (χ4v) is 6.47. The van der Waals surface area contributed by atoms with Gasteiger partial charge in [0, 0.05) is 24.0 Å². The van der Waals surface area contributed by atoms with Crippen LogP contribution in [0, 0.1) is 5.92 Å². The first-order chi connectivity index (χ1) is 20.0. The number of nitrogens with one attached hydrogen (secondary N) is 1. The number of anilines is 1. The number of hydrogen-bond donors (Lipinski definition) is 1. The monoisotopic (exact) mass is 569 g/mol. The lowest BCUT2D eigenvalue weighted by molar-refractivity contribution is -0.140. The van der Waals surface area contributed by atoms with Gasteiger partial charge in [-0.2, -0.15) is 0 Å². The fourth-order valence-electron chi connectivity index (χ4n) is 5.59. The largest absolute Gasteiger partial charge is 0.469 e. The molecule has 1 aromatic carbocycles. The average Bonchev–Trinajstić information content (AvgIpc) is 3.51. The summed E-state index contributed by atoms with van der Waals surface area (Å²) in [7, 11) is 1.34. The zero-order chi connectivity index (χ0) is 28.6. The number of benzene rings is 1. The molecule has 1 heterocycles. The second-order valence-electron chi connectivity index (χ2n) is 10.9. The van der Waals surface area contributed by atoms with Gasteiger partial charge in [0.15, 0.2) is 5.13 Å². The van der Waals surface area contributed by atoms with E-state index in [0.29, 0.717) is 18.0 Å². The Bertz CT molecular complexity index is 1400. The van der Waals surface area contributed by atoms with Gasteiger partial charge >= 0.3 is 5.97 Å². The molecule has 0 saturated heterocycles. The Labute approximate surface area is 247 Å². The molecule has 1 amide bonds. The summed E-state index contributed by atoms with van der Waals surface area (Å²) in [6.07, 6.45) is 23.4. The van der Waals surface area contributed by atoms with E-state index in [4.69, 9.17) is 4.98 Å². The minimum Gasteiger partial charge on any atom is -0.469 e. The second kappa shape index (κ2) is 13.8. The molecule has 5 rings (SSSR count). The van der Waals surface area contributed by atoms with E-state index in [-0.39, 0.29) is 30.9 Å². The molecule has 0 fully saturated rings. The number of ether oxygens (including phenoxy) is 1. The van der Waals surface area contributed by atoms with Crippen molar-refractivity contribution in [2.45, 2.75) is 64.5 Å². The molecule has 0 aliphatic heterocycles. The maximum Gasteiger partial charge on any atom is 0.307 e. The summed E-state index contributed by atoms with van der Waals surface area (Å²) >= 11 is 1.69. The predicted octanol–water partition coefficient (Wildman–Crippen LogP) is 7.18. The highest BCUT2D eigenvalue weighted by Crippen LogP contribution is 2.35. The smallest absolute Gasteiger partial charge is 0.307 e. The van der Waals surface area contributed by atoms with Gasteiger partial charge in [-0.1, -0.05) is 61.6 Å². The second-order valence-corrected chi connectivity index (χ2v) is 11.7. The minimum atomic E-state index is -0.342. The Morgan fingerprint density at radius 3 is 2.63 bits per heavy atom. The molecule has 6 nitrogen and oxygen atoms in total. The van der Waals surface area contributed by atoms with Crippen LogP contribution >= 0.6 is 11.3 Å². The third-order valence-electron chi connectivity index (χ3n) is 7.92. The van der Waals surface area contributed by atoms with E-state index in [2.05, 4.69) is 69.8 Å². The summed E-state index contributed by atoms with van der Waals surface area (Å²) in [4.78, 5) is 31.4. The summed E-state index contributed by atoms with van der Waals surface area (Å²) in [6, 6.07) is 7.88. The Morgan fingerprint density at radius 2 is 1.93 bits per heavy atom. The van der Waals surface area contributed by atoms with Gasteiger partial charge in [0.05, 0.1) is 25.3 Å². The van der Waals surface area contributed by atoms with Crippen LogP contribution in [0.15, 0.2) is 83.3 Å². The standard InChI is InChI=1S/C34H39N3O3S/c1-24-21-29(26-9-5-3-6-10-26)17-18-31(24)37(34-36-30(23-41-34)27-11-7-4-8-12-27)22-25-13-15-28(16-14-25)33(39)35-20-19-32(38)40-2/h7,9,11-18,21,23-24,31H,3-6,8,10,19-20,22H2,1-2H3,(H,35,39). The molecule has 0 bridgehead atoms. The SMILES string of the molecule is COC(=O)CCNC(=O)c1ccc(CN(c2nc(C3=CCCC=C3)cs2)C2C=CC(C3=CCCCC3)=CC2C)cc1. The van der Waals surface area contributed by atoms with Crippen molar-refractivity contribution in [2.24, 2.45) is 5.92 Å². The molecule has 41 heavy (non-hydrogen) atoms. The zero-order valence-corrected chi connectivity index (χ0v) is 24.8. The topological polar surface area (TPSA) is 71.5 Å². The van der Waals surface area contributed by atoms with Gasteiger partial charge in [0.25, 0.3) is 5.91 Å². The highest BCUT2D eigenvalue weighted by Gasteiger charge is 2.27. The van der Waals surface area contributed by atoms with Crippen molar-refractivity contribution < 1.29 is 14.3 Å². The van der Waals surface area contributed by atoms with Gasteiger partial charge in [0.2, 0.25) is 0 Å². The van der Waals surface area contributed by atoms with E-state index in [1.165, 1.54) is 49.5 Å². The molecule has 214 valence electrons. The van der Waals surface area contributed by atoms with Crippen LogP contribution in [0.5, 0.6) is 0 Å². The first-order valence-corrected chi connectivity index (χ1v) is 15.5. The van der Waals surface area contributed by atoms with Gasteiger partial charge in [-0.15, -0.1) is 11.3 Å². The molecule has 0 saturated carbocycles. The lowest BCUT2D eigenvalue weighted by Gasteiger charge is -2.35. The number of carbonyl (C=O) groups excluding carboxylic acids is 2. The van der Waals surface area contributed by atoms with Gasteiger partial charge in [0.1, 0.15) is 0 Å². The first-order valence-electron chi connectivity index (χ1n) is 14.6. The third kappa shape index (κ3) is 7.33. The number of aromatic nitrogens is 1. The van der Waals surface area contributed by atoms with E-state index < -0.39 is 0 Å². The average molecular weight is 570 g/mol. The molecule has 3 aliphatic rings. The van der Waals surface area contributed by atoms with Crippen LogP contribution < -0.4 is 10.2 Å². The number of rotatable bonds is 10. The maximum absolute atomic E-state index is 12.6.